The third-order valence-corrected chi connectivity index (χ3v) is 5.04. The lowest BCUT2D eigenvalue weighted by Gasteiger charge is -2.31. The number of rotatable bonds is 4. The molecule has 0 aromatic carbocycles. The van der Waals surface area contributed by atoms with Gasteiger partial charge in [-0.25, -0.2) is 4.98 Å². The van der Waals surface area contributed by atoms with E-state index < -0.39 is 0 Å². The van der Waals surface area contributed by atoms with Crippen LogP contribution in [0.15, 0.2) is 0 Å². The molecule has 2 aromatic rings. The van der Waals surface area contributed by atoms with Crippen LogP contribution in [0.5, 0.6) is 0 Å². The first-order valence-electron chi connectivity index (χ1n) is 8.36. The molecule has 1 saturated carbocycles. The molecule has 5 nitrogen and oxygen atoms in total. The van der Waals surface area contributed by atoms with Crippen LogP contribution in [0.2, 0.25) is 0 Å². The second-order valence-corrected chi connectivity index (χ2v) is 6.31. The standard InChI is InChI=1S/C16H27N5/c1-4-12-14-15(20(3)19-12)21(16(17)18-14)13(5-2)11-9-7-6-8-10-11/h11,13H,4-10H2,1-3H3,(H2,17,18). The van der Waals surface area contributed by atoms with E-state index in [4.69, 9.17) is 5.73 Å². The van der Waals surface area contributed by atoms with Crippen LogP contribution < -0.4 is 5.73 Å². The number of anilines is 1. The Balaban J connectivity index is 2.08. The Morgan fingerprint density at radius 1 is 1.24 bits per heavy atom. The van der Waals surface area contributed by atoms with Crippen LogP contribution in [0.4, 0.5) is 5.95 Å². The van der Waals surface area contributed by atoms with E-state index in [0.29, 0.717) is 12.0 Å². The normalized spacial score (nSPS) is 18.4. The molecule has 1 fully saturated rings. The van der Waals surface area contributed by atoms with Crippen molar-refractivity contribution >= 4 is 17.1 Å². The lowest BCUT2D eigenvalue weighted by Crippen LogP contribution is -2.23. The number of nitrogens with two attached hydrogens (primary N) is 1. The van der Waals surface area contributed by atoms with Crippen LogP contribution in [0.25, 0.3) is 11.2 Å². The van der Waals surface area contributed by atoms with Crippen molar-refractivity contribution in [3.05, 3.63) is 5.69 Å². The highest BCUT2D eigenvalue weighted by atomic mass is 15.4. The molecule has 21 heavy (non-hydrogen) atoms. The molecule has 0 bridgehead atoms. The fourth-order valence-corrected chi connectivity index (χ4v) is 4.03. The van der Waals surface area contributed by atoms with Crippen molar-refractivity contribution in [2.45, 2.75) is 64.8 Å². The largest absolute Gasteiger partial charge is 0.369 e. The Labute approximate surface area is 126 Å². The molecule has 2 heterocycles. The maximum Gasteiger partial charge on any atom is 0.202 e. The monoisotopic (exact) mass is 289 g/mol. The van der Waals surface area contributed by atoms with Gasteiger partial charge in [0.15, 0.2) is 5.65 Å². The van der Waals surface area contributed by atoms with Gasteiger partial charge in [-0.1, -0.05) is 33.1 Å². The highest BCUT2D eigenvalue weighted by Gasteiger charge is 2.28. The first kappa shape index (κ1) is 14.4. The van der Waals surface area contributed by atoms with E-state index in [0.717, 1.165) is 35.6 Å². The molecule has 2 N–H and O–H groups in total. The zero-order chi connectivity index (χ0) is 15.0. The summed E-state index contributed by atoms with van der Waals surface area (Å²) in [4.78, 5) is 4.63. The predicted molar refractivity (Wildman–Crippen MR) is 86.2 cm³/mol. The topological polar surface area (TPSA) is 61.7 Å². The van der Waals surface area contributed by atoms with Gasteiger partial charge in [0.25, 0.3) is 0 Å². The molecule has 2 aromatic heterocycles. The average molecular weight is 289 g/mol. The second kappa shape index (κ2) is 5.70. The Hall–Kier alpha value is -1.52. The van der Waals surface area contributed by atoms with Crippen molar-refractivity contribution in [1.29, 1.82) is 0 Å². The van der Waals surface area contributed by atoms with E-state index in [2.05, 4.69) is 28.5 Å². The van der Waals surface area contributed by atoms with Gasteiger partial charge in [-0.2, -0.15) is 5.10 Å². The number of fused-ring (bicyclic) bond motifs is 1. The van der Waals surface area contributed by atoms with Gasteiger partial charge >= 0.3 is 0 Å². The van der Waals surface area contributed by atoms with Gasteiger partial charge in [0.1, 0.15) is 5.52 Å². The van der Waals surface area contributed by atoms with Crippen molar-refractivity contribution in [3.63, 3.8) is 0 Å². The first-order valence-corrected chi connectivity index (χ1v) is 8.36. The number of hydrogen-bond acceptors (Lipinski definition) is 3. The molecule has 3 rings (SSSR count). The molecule has 1 unspecified atom stereocenters. The van der Waals surface area contributed by atoms with Crippen LogP contribution in [-0.2, 0) is 13.5 Å². The zero-order valence-corrected chi connectivity index (χ0v) is 13.5. The molecule has 0 spiro atoms. The van der Waals surface area contributed by atoms with Gasteiger partial charge in [0.05, 0.1) is 5.69 Å². The van der Waals surface area contributed by atoms with Crippen molar-refractivity contribution in [3.8, 4) is 0 Å². The summed E-state index contributed by atoms with van der Waals surface area (Å²) >= 11 is 0. The van der Waals surface area contributed by atoms with Crippen molar-refractivity contribution in [1.82, 2.24) is 19.3 Å². The van der Waals surface area contributed by atoms with E-state index in [1.807, 2.05) is 11.7 Å². The van der Waals surface area contributed by atoms with E-state index in [9.17, 15) is 0 Å². The van der Waals surface area contributed by atoms with Gasteiger partial charge in [0.2, 0.25) is 5.95 Å². The molecule has 116 valence electrons. The van der Waals surface area contributed by atoms with Crippen molar-refractivity contribution in [2.24, 2.45) is 13.0 Å². The highest BCUT2D eigenvalue weighted by Crippen LogP contribution is 2.38. The minimum atomic E-state index is 0.454. The third kappa shape index (κ3) is 2.32. The van der Waals surface area contributed by atoms with Gasteiger partial charge < -0.3 is 5.73 Å². The maximum atomic E-state index is 6.28. The summed E-state index contributed by atoms with van der Waals surface area (Å²) in [5, 5.41) is 4.61. The Bertz CT molecular complexity index is 618. The lowest BCUT2D eigenvalue weighted by atomic mass is 9.83. The van der Waals surface area contributed by atoms with Crippen LogP contribution in [0.1, 0.15) is 64.1 Å². The molecule has 1 aliphatic rings. The first-order chi connectivity index (χ1) is 10.2. The SMILES string of the molecule is CCc1nn(C)c2c1nc(N)n2C(CC)C1CCCCC1. The molecule has 0 amide bonds. The fourth-order valence-electron chi connectivity index (χ4n) is 4.03. The van der Waals surface area contributed by atoms with E-state index in [1.165, 1.54) is 32.1 Å². The Kier molecular flexibility index (Phi) is 3.91. The molecule has 0 aliphatic heterocycles. The van der Waals surface area contributed by atoms with Gasteiger partial charge in [-0.05, 0) is 31.6 Å². The van der Waals surface area contributed by atoms with E-state index in [-0.39, 0.29) is 0 Å². The zero-order valence-electron chi connectivity index (χ0n) is 13.5. The molecule has 1 aliphatic carbocycles. The fraction of sp³-hybridized carbons (Fsp3) is 0.750. The van der Waals surface area contributed by atoms with Gasteiger partial charge in [-0.15, -0.1) is 0 Å². The second-order valence-electron chi connectivity index (χ2n) is 6.31. The van der Waals surface area contributed by atoms with E-state index in [1.54, 1.807) is 0 Å². The highest BCUT2D eigenvalue weighted by molar-refractivity contribution is 5.78. The number of aromatic nitrogens is 4. The van der Waals surface area contributed by atoms with Crippen LogP contribution in [0, 0.1) is 5.92 Å². The number of nitrogen functional groups attached to an aromatic ring is 1. The summed E-state index contributed by atoms with van der Waals surface area (Å²) in [5.41, 5.74) is 9.43. The average Bonchev–Trinajstić information content (AvgIpc) is 2.99. The van der Waals surface area contributed by atoms with Crippen LogP contribution in [0.3, 0.4) is 0 Å². The number of hydrogen-bond donors (Lipinski definition) is 1. The summed E-state index contributed by atoms with van der Waals surface area (Å²) in [5.74, 6) is 1.38. The molecular formula is C16H27N5. The summed E-state index contributed by atoms with van der Waals surface area (Å²) in [6.45, 7) is 4.39. The lowest BCUT2D eigenvalue weighted by molar-refractivity contribution is 0.247. The van der Waals surface area contributed by atoms with Gasteiger partial charge in [0, 0.05) is 13.1 Å². The van der Waals surface area contributed by atoms with Crippen LogP contribution >= 0.6 is 0 Å². The Morgan fingerprint density at radius 2 is 1.95 bits per heavy atom. The summed E-state index contributed by atoms with van der Waals surface area (Å²) in [7, 11) is 2.01. The minimum Gasteiger partial charge on any atom is -0.369 e. The molecular weight excluding hydrogens is 262 g/mol. The van der Waals surface area contributed by atoms with Crippen LogP contribution in [-0.4, -0.2) is 19.3 Å². The summed E-state index contributed by atoms with van der Waals surface area (Å²) < 4.78 is 4.22. The third-order valence-electron chi connectivity index (χ3n) is 5.04. The Morgan fingerprint density at radius 3 is 2.57 bits per heavy atom. The summed E-state index contributed by atoms with van der Waals surface area (Å²) in [6.07, 6.45) is 8.72. The van der Waals surface area contributed by atoms with Crippen molar-refractivity contribution in [2.75, 3.05) is 5.73 Å². The van der Waals surface area contributed by atoms with Crippen molar-refractivity contribution < 1.29 is 0 Å². The minimum absolute atomic E-state index is 0.454. The predicted octanol–water partition coefficient (Wildman–Crippen LogP) is 3.45. The molecule has 0 radical (unpaired) electrons. The summed E-state index contributed by atoms with van der Waals surface area (Å²) in [6, 6.07) is 0.454. The van der Waals surface area contributed by atoms with Gasteiger partial charge in [-0.3, -0.25) is 9.25 Å². The number of imidazole rings is 1. The smallest absolute Gasteiger partial charge is 0.202 e. The maximum absolute atomic E-state index is 6.28. The number of nitrogens with zero attached hydrogens (tertiary/aromatic N) is 4. The molecule has 1 atom stereocenters. The molecule has 0 saturated heterocycles. The molecule has 5 heteroatoms. The quantitative estimate of drug-likeness (QED) is 0.937. The van der Waals surface area contributed by atoms with E-state index >= 15 is 0 Å². The number of aryl methyl sites for hydroxylation is 2.